The molecule has 7 heteroatoms. The average molecular weight is 334 g/mol. The molecule has 0 radical (unpaired) electrons. The fourth-order valence-corrected chi connectivity index (χ4v) is 2.01. The van der Waals surface area contributed by atoms with Crippen LogP contribution in [0.4, 0.5) is 0 Å². The van der Waals surface area contributed by atoms with Gasteiger partial charge in [0.25, 0.3) is 5.91 Å². The Morgan fingerprint density at radius 3 is 2.57 bits per heavy atom. The lowest BCUT2D eigenvalue weighted by Gasteiger charge is -2.16. The molecule has 0 unspecified atom stereocenters. The Labute approximate surface area is 133 Å². The number of aliphatic carboxylic acids is 1. The predicted molar refractivity (Wildman–Crippen MR) is 81.0 cm³/mol. The van der Waals surface area contributed by atoms with Gasteiger partial charge in [0.2, 0.25) is 0 Å². The zero-order valence-corrected chi connectivity index (χ0v) is 13.2. The average Bonchev–Trinajstić information content (AvgIpc) is 2.39. The topological polar surface area (TPSA) is 75.6 Å². The summed E-state index contributed by atoms with van der Waals surface area (Å²) in [5.41, 5.74) is 0. The maximum Gasteiger partial charge on any atom is 0.326 e. The van der Waals surface area contributed by atoms with Gasteiger partial charge in [-0.1, -0.05) is 43.1 Å². The molecule has 116 valence electrons. The number of benzene rings is 1. The van der Waals surface area contributed by atoms with Gasteiger partial charge in [-0.15, -0.1) is 0 Å². The van der Waals surface area contributed by atoms with E-state index in [-0.39, 0.29) is 23.3 Å². The zero-order chi connectivity index (χ0) is 16.0. The van der Waals surface area contributed by atoms with Crippen molar-refractivity contribution in [3.05, 3.63) is 28.2 Å². The summed E-state index contributed by atoms with van der Waals surface area (Å²) in [5, 5.41) is 12.0. The Bertz CT molecular complexity index is 520. The number of nitrogens with one attached hydrogen (secondary N) is 1. The van der Waals surface area contributed by atoms with Crippen LogP contribution < -0.4 is 10.1 Å². The minimum atomic E-state index is -1.07. The third kappa shape index (κ3) is 5.81. The van der Waals surface area contributed by atoms with Crippen LogP contribution in [0.25, 0.3) is 0 Å². The van der Waals surface area contributed by atoms with Crippen LogP contribution in [0.2, 0.25) is 10.0 Å². The molecule has 0 aliphatic carbocycles. The highest BCUT2D eigenvalue weighted by atomic mass is 35.5. The fourth-order valence-electron chi connectivity index (χ4n) is 1.67. The van der Waals surface area contributed by atoms with Crippen LogP contribution in [0.5, 0.6) is 5.75 Å². The number of carboxylic acids is 1. The highest BCUT2D eigenvalue weighted by Crippen LogP contribution is 2.31. The minimum Gasteiger partial charge on any atom is -0.482 e. The summed E-state index contributed by atoms with van der Waals surface area (Å²) in [6.45, 7) is 3.43. The molecule has 0 saturated carbocycles. The third-order valence-corrected chi connectivity index (χ3v) is 3.42. The van der Waals surface area contributed by atoms with Gasteiger partial charge in [-0.05, 0) is 24.5 Å². The van der Waals surface area contributed by atoms with Crippen molar-refractivity contribution >= 4 is 35.1 Å². The summed E-state index contributed by atoms with van der Waals surface area (Å²) in [6, 6.07) is 3.88. The number of rotatable bonds is 7. The van der Waals surface area contributed by atoms with Crippen LogP contribution in [-0.4, -0.2) is 29.6 Å². The highest BCUT2D eigenvalue weighted by molar-refractivity contribution is 6.42. The predicted octanol–water partition coefficient (Wildman–Crippen LogP) is 2.99. The maximum atomic E-state index is 11.7. The van der Waals surface area contributed by atoms with Crippen LogP contribution in [0.3, 0.4) is 0 Å². The first kappa shape index (κ1) is 17.6. The summed E-state index contributed by atoms with van der Waals surface area (Å²) in [4.78, 5) is 22.8. The van der Waals surface area contributed by atoms with Gasteiger partial charge >= 0.3 is 5.97 Å². The monoisotopic (exact) mass is 333 g/mol. The van der Waals surface area contributed by atoms with Gasteiger partial charge < -0.3 is 15.2 Å². The molecule has 1 rings (SSSR count). The van der Waals surface area contributed by atoms with Crippen molar-refractivity contribution < 1.29 is 19.4 Å². The van der Waals surface area contributed by atoms with E-state index in [0.717, 1.165) is 0 Å². The number of carbonyl (C=O) groups is 2. The van der Waals surface area contributed by atoms with E-state index in [1.807, 2.05) is 13.8 Å². The third-order valence-electron chi connectivity index (χ3n) is 2.62. The number of carbonyl (C=O) groups excluding carboxylic acids is 1. The van der Waals surface area contributed by atoms with E-state index in [4.69, 9.17) is 33.0 Å². The molecule has 0 spiro atoms. The minimum absolute atomic E-state index is 0.148. The first-order valence-electron chi connectivity index (χ1n) is 6.40. The number of hydrogen-bond donors (Lipinski definition) is 2. The van der Waals surface area contributed by atoms with E-state index in [9.17, 15) is 9.59 Å². The lowest BCUT2D eigenvalue weighted by Crippen LogP contribution is -2.43. The highest BCUT2D eigenvalue weighted by Gasteiger charge is 2.21. The number of hydrogen-bond acceptors (Lipinski definition) is 3. The van der Waals surface area contributed by atoms with E-state index in [1.54, 1.807) is 18.2 Å². The Morgan fingerprint density at radius 2 is 2.00 bits per heavy atom. The number of halogens is 2. The molecule has 0 heterocycles. The number of ether oxygens (including phenoxy) is 1. The summed E-state index contributed by atoms with van der Waals surface area (Å²) >= 11 is 11.7. The summed E-state index contributed by atoms with van der Waals surface area (Å²) in [5.74, 6) is -1.18. The molecular weight excluding hydrogens is 317 g/mol. The van der Waals surface area contributed by atoms with Crippen LogP contribution in [0.15, 0.2) is 18.2 Å². The van der Waals surface area contributed by atoms with E-state index in [0.29, 0.717) is 11.4 Å². The first-order valence-corrected chi connectivity index (χ1v) is 7.15. The molecule has 1 atom stereocenters. The van der Waals surface area contributed by atoms with E-state index in [2.05, 4.69) is 5.32 Å². The van der Waals surface area contributed by atoms with Gasteiger partial charge in [0, 0.05) is 0 Å². The Morgan fingerprint density at radius 1 is 1.33 bits per heavy atom. The van der Waals surface area contributed by atoms with Crippen molar-refractivity contribution in [1.29, 1.82) is 0 Å². The lowest BCUT2D eigenvalue weighted by atomic mass is 10.0. The van der Waals surface area contributed by atoms with Gasteiger partial charge in [0.05, 0.1) is 5.02 Å². The fraction of sp³-hybridized carbons (Fsp3) is 0.429. The summed E-state index contributed by atoms with van der Waals surface area (Å²) in [6.07, 6.45) is 0.346. The smallest absolute Gasteiger partial charge is 0.326 e. The first-order chi connectivity index (χ1) is 9.81. The van der Waals surface area contributed by atoms with Gasteiger partial charge in [-0.3, -0.25) is 4.79 Å². The van der Waals surface area contributed by atoms with E-state index in [1.165, 1.54) is 0 Å². The molecule has 0 aromatic heterocycles. The van der Waals surface area contributed by atoms with Crippen molar-refractivity contribution in [2.24, 2.45) is 5.92 Å². The van der Waals surface area contributed by atoms with Crippen LogP contribution >= 0.6 is 23.2 Å². The van der Waals surface area contributed by atoms with Crippen molar-refractivity contribution in [3.63, 3.8) is 0 Å². The largest absolute Gasteiger partial charge is 0.482 e. The molecule has 0 fully saturated rings. The van der Waals surface area contributed by atoms with Crippen molar-refractivity contribution in [2.45, 2.75) is 26.3 Å². The SMILES string of the molecule is CC(C)C[C@@H](NC(=O)COc1cccc(Cl)c1Cl)C(=O)O. The van der Waals surface area contributed by atoms with E-state index >= 15 is 0 Å². The van der Waals surface area contributed by atoms with Gasteiger partial charge in [0.15, 0.2) is 6.61 Å². The molecule has 1 aromatic rings. The molecule has 1 aromatic carbocycles. The second-order valence-corrected chi connectivity index (χ2v) is 5.71. The van der Waals surface area contributed by atoms with Crippen LogP contribution in [0.1, 0.15) is 20.3 Å². The van der Waals surface area contributed by atoms with Crippen molar-refractivity contribution in [3.8, 4) is 5.75 Å². The van der Waals surface area contributed by atoms with Crippen LogP contribution in [0, 0.1) is 5.92 Å². The molecule has 2 N–H and O–H groups in total. The summed E-state index contributed by atoms with van der Waals surface area (Å²) < 4.78 is 5.24. The Balaban J connectivity index is 2.57. The van der Waals surface area contributed by atoms with Crippen molar-refractivity contribution in [2.75, 3.05) is 6.61 Å². The van der Waals surface area contributed by atoms with Crippen molar-refractivity contribution in [1.82, 2.24) is 5.32 Å². The molecular formula is C14H17Cl2NO4. The van der Waals surface area contributed by atoms with Gasteiger partial charge in [-0.25, -0.2) is 4.79 Å². The normalized spacial score (nSPS) is 12.0. The van der Waals surface area contributed by atoms with E-state index < -0.39 is 17.9 Å². The second-order valence-electron chi connectivity index (χ2n) is 4.93. The molecule has 0 aliphatic rings. The number of carboxylic acid groups (broad SMARTS) is 1. The molecule has 0 aliphatic heterocycles. The molecule has 0 saturated heterocycles. The lowest BCUT2D eigenvalue weighted by molar-refractivity contribution is -0.142. The Kier molecular flexibility index (Phi) is 6.78. The van der Waals surface area contributed by atoms with Gasteiger partial charge in [-0.2, -0.15) is 0 Å². The molecule has 1 amide bonds. The summed E-state index contributed by atoms with van der Waals surface area (Å²) in [7, 11) is 0. The molecule has 21 heavy (non-hydrogen) atoms. The van der Waals surface area contributed by atoms with Crippen LogP contribution in [-0.2, 0) is 9.59 Å². The maximum absolute atomic E-state index is 11.7. The standard InChI is InChI=1S/C14H17Cl2NO4/c1-8(2)6-10(14(19)20)17-12(18)7-21-11-5-3-4-9(15)13(11)16/h3-5,8,10H,6-7H2,1-2H3,(H,17,18)(H,19,20)/t10-/m1/s1. The second kappa shape index (κ2) is 8.10. The Hall–Kier alpha value is -1.46. The molecule has 0 bridgehead atoms. The molecule has 5 nitrogen and oxygen atoms in total. The quantitative estimate of drug-likeness (QED) is 0.804. The number of amides is 1. The van der Waals surface area contributed by atoms with Gasteiger partial charge in [0.1, 0.15) is 16.8 Å². The zero-order valence-electron chi connectivity index (χ0n) is 11.7.